The van der Waals surface area contributed by atoms with Crippen LogP contribution in [0.5, 0.6) is 0 Å². The monoisotopic (exact) mass is 319 g/mol. The van der Waals surface area contributed by atoms with Gasteiger partial charge < -0.3 is 20.2 Å². The van der Waals surface area contributed by atoms with Crippen LogP contribution < -0.4 is 5.32 Å². The summed E-state index contributed by atoms with van der Waals surface area (Å²) in [6, 6.07) is 3.51. The van der Waals surface area contributed by atoms with E-state index in [0.717, 1.165) is 26.0 Å². The highest BCUT2D eigenvalue weighted by molar-refractivity contribution is 5.48. The number of nitrogens with one attached hydrogen (secondary N) is 1. The van der Waals surface area contributed by atoms with Crippen molar-refractivity contribution in [3.8, 4) is 0 Å². The van der Waals surface area contributed by atoms with E-state index in [0.29, 0.717) is 23.3 Å². The second kappa shape index (κ2) is 6.49. The van der Waals surface area contributed by atoms with Crippen LogP contribution in [0.3, 0.4) is 0 Å². The van der Waals surface area contributed by atoms with E-state index in [1.165, 1.54) is 10.7 Å². The van der Waals surface area contributed by atoms with E-state index in [1.807, 2.05) is 0 Å². The number of rotatable bonds is 5. The van der Waals surface area contributed by atoms with E-state index in [1.54, 1.807) is 12.1 Å². The van der Waals surface area contributed by atoms with Gasteiger partial charge >= 0.3 is 5.82 Å². The fourth-order valence-corrected chi connectivity index (χ4v) is 3.14. The first-order chi connectivity index (χ1) is 11.1. The van der Waals surface area contributed by atoms with Crippen molar-refractivity contribution in [2.45, 2.75) is 32.8 Å². The number of fused-ring (bicyclic) bond motifs is 1. The summed E-state index contributed by atoms with van der Waals surface area (Å²) >= 11 is 0. The Labute approximate surface area is 134 Å². The number of hydrogen-bond acceptors (Lipinski definition) is 6. The van der Waals surface area contributed by atoms with E-state index in [-0.39, 0.29) is 11.9 Å². The molecule has 3 rings (SSSR count). The Hall–Kier alpha value is -2.22. The minimum absolute atomic E-state index is 0.135. The molecule has 8 heteroatoms. The molecule has 2 aromatic rings. The molecule has 0 bridgehead atoms. The molecule has 1 N–H and O–H groups in total. The minimum Gasteiger partial charge on any atom is -0.378 e. The lowest BCUT2D eigenvalue weighted by Gasteiger charge is -2.34. The summed E-state index contributed by atoms with van der Waals surface area (Å²) in [4.78, 5) is 14.5. The standard InChI is InChI=1S/C15H21N5O3/c1-10(2)15-11(4-3-7-23-15)8-16-12-5-6-13-17-9-14(20(21)22)19(13)18-12/h5-6,9-11,15H,3-4,7-8H2,1-2H3,(H,16,18). The van der Waals surface area contributed by atoms with Gasteiger partial charge in [0.1, 0.15) is 6.20 Å². The van der Waals surface area contributed by atoms with Gasteiger partial charge in [-0.2, -0.15) is 0 Å². The van der Waals surface area contributed by atoms with Crippen LogP contribution in [-0.2, 0) is 4.74 Å². The zero-order chi connectivity index (χ0) is 16.4. The summed E-state index contributed by atoms with van der Waals surface area (Å²) < 4.78 is 7.13. The lowest BCUT2D eigenvalue weighted by molar-refractivity contribution is -0.391. The maximum absolute atomic E-state index is 11.0. The Morgan fingerprint density at radius 1 is 1.52 bits per heavy atom. The number of ether oxygens (including phenoxy) is 1. The zero-order valence-corrected chi connectivity index (χ0v) is 13.3. The quantitative estimate of drug-likeness (QED) is 0.672. The van der Waals surface area contributed by atoms with Gasteiger partial charge in [-0.3, -0.25) is 0 Å². The molecule has 1 saturated heterocycles. The van der Waals surface area contributed by atoms with Gasteiger partial charge in [-0.25, -0.2) is 4.98 Å². The van der Waals surface area contributed by atoms with Crippen molar-refractivity contribution < 1.29 is 9.66 Å². The number of aromatic nitrogens is 3. The van der Waals surface area contributed by atoms with Crippen LogP contribution in [0, 0.1) is 22.0 Å². The fourth-order valence-electron chi connectivity index (χ4n) is 3.14. The molecule has 0 aliphatic carbocycles. The number of anilines is 1. The lowest BCUT2D eigenvalue weighted by atomic mass is 9.87. The molecule has 1 aliphatic rings. The van der Waals surface area contributed by atoms with Gasteiger partial charge in [0.05, 0.1) is 6.10 Å². The summed E-state index contributed by atoms with van der Waals surface area (Å²) in [5, 5.41) is 18.5. The second-order valence-electron chi connectivity index (χ2n) is 6.22. The second-order valence-corrected chi connectivity index (χ2v) is 6.22. The van der Waals surface area contributed by atoms with Crippen LogP contribution in [-0.4, -0.2) is 38.8 Å². The van der Waals surface area contributed by atoms with E-state index < -0.39 is 4.92 Å². The smallest absolute Gasteiger partial charge is 0.368 e. The Morgan fingerprint density at radius 2 is 2.35 bits per heavy atom. The Kier molecular flexibility index (Phi) is 4.42. The van der Waals surface area contributed by atoms with E-state index in [2.05, 4.69) is 29.2 Å². The van der Waals surface area contributed by atoms with Crippen molar-refractivity contribution in [1.29, 1.82) is 0 Å². The maximum Gasteiger partial charge on any atom is 0.368 e. The predicted molar refractivity (Wildman–Crippen MR) is 85.4 cm³/mol. The van der Waals surface area contributed by atoms with E-state index in [4.69, 9.17) is 4.74 Å². The molecular formula is C15H21N5O3. The lowest BCUT2D eigenvalue weighted by Crippen LogP contribution is -2.37. The summed E-state index contributed by atoms with van der Waals surface area (Å²) in [5.41, 5.74) is 0.461. The van der Waals surface area contributed by atoms with Gasteiger partial charge in [0.15, 0.2) is 5.82 Å². The minimum atomic E-state index is -0.486. The van der Waals surface area contributed by atoms with Crippen LogP contribution >= 0.6 is 0 Å². The first kappa shape index (κ1) is 15.7. The van der Waals surface area contributed by atoms with Crippen molar-refractivity contribution in [3.05, 3.63) is 28.4 Å². The van der Waals surface area contributed by atoms with Gasteiger partial charge in [-0.05, 0) is 29.7 Å². The molecule has 2 aromatic heterocycles. The molecule has 0 aromatic carbocycles. The van der Waals surface area contributed by atoms with Gasteiger partial charge in [-0.15, -0.1) is 0 Å². The van der Waals surface area contributed by atoms with Crippen molar-refractivity contribution in [1.82, 2.24) is 14.6 Å². The number of nitrogens with zero attached hydrogens (tertiary/aromatic N) is 4. The third-order valence-corrected chi connectivity index (χ3v) is 4.23. The van der Waals surface area contributed by atoms with Crippen LogP contribution in [0.1, 0.15) is 26.7 Å². The van der Waals surface area contributed by atoms with Gasteiger partial charge in [-0.1, -0.05) is 23.5 Å². The summed E-state index contributed by atoms with van der Waals surface area (Å²) in [5.74, 6) is 1.35. The van der Waals surface area contributed by atoms with E-state index >= 15 is 0 Å². The molecule has 124 valence electrons. The molecule has 2 atom stereocenters. The summed E-state index contributed by atoms with van der Waals surface area (Å²) in [6.07, 6.45) is 3.64. The molecule has 23 heavy (non-hydrogen) atoms. The maximum atomic E-state index is 11.0. The molecule has 2 unspecified atom stereocenters. The molecule has 1 fully saturated rings. The Bertz CT molecular complexity index is 699. The van der Waals surface area contributed by atoms with Gasteiger partial charge in [0.25, 0.3) is 0 Å². The molecule has 0 amide bonds. The van der Waals surface area contributed by atoms with Crippen molar-refractivity contribution >= 4 is 17.3 Å². The predicted octanol–water partition coefficient (Wildman–Crippen LogP) is 2.50. The van der Waals surface area contributed by atoms with Gasteiger partial charge in [0, 0.05) is 25.1 Å². The average Bonchev–Trinajstić information content (AvgIpc) is 2.96. The third kappa shape index (κ3) is 3.26. The highest BCUT2D eigenvalue weighted by Crippen LogP contribution is 2.26. The summed E-state index contributed by atoms with van der Waals surface area (Å²) in [7, 11) is 0. The number of nitro groups is 1. The topological polar surface area (TPSA) is 94.6 Å². The van der Waals surface area contributed by atoms with Crippen molar-refractivity contribution in [3.63, 3.8) is 0 Å². The number of imidazole rings is 1. The number of hydrogen-bond donors (Lipinski definition) is 1. The third-order valence-electron chi connectivity index (χ3n) is 4.23. The molecule has 8 nitrogen and oxygen atoms in total. The molecule has 0 spiro atoms. The van der Waals surface area contributed by atoms with Crippen LogP contribution in [0.15, 0.2) is 18.3 Å². The largest absolute Gasteiger partial charge is 0.378 e. The van der Waals surface area contributed by atoms with Crippen molar-refractivity contribution in [2.24, 2.45) is 11.8 Å². The van der Waals surface area contributed by atoms with Crippen molar-refractivity contribution in [2.75, 3.05) is 18.5 Å². The molecule has 0 saturated carbocycles. The Morgan fingerprint density at radius 3 is 3.09 bits per heavy atom. The van der Waals surface area contributed by atoms with Crippen LogP contribution in [0.2, 0.25) is 0 Å². The highest BCUT2D eigenvalue weighted by atomic mass is 16.6. The SMILES string of the molecule is CC(C)C1OCCCC1CNc1ccc2ncc([N+](=O)[O-])n2n1. The molecule has 1 aliphatic heterocycles. The molecular weight excluding hydrogens is 298 g/mol. The van der Waals surface area contributed by atoms with Crippen LogP contribution in [0.4, 0.5) is 11.6 Å². The first-order valence-electron chi connectivity index (χ1n) is 7.91. The summed E-state index contributed by atoms with van der Waals surface area (Å²) in [6.45, 7) is 5.90. The molecule has 0 radical (unpaired) electrons. The first-order valence-corrected chi connectivity index (χ1v) is 7.91. The fraction of sp³-hybridized carbons (Fsp3) is 0.600. The normalized spacial score (nSPS) is 21.7. The van der Waals surface area contributed by atoms with Crippen LogP contribution in [0.25, 0.3) is 5.65 Å². The van der Waals surface area contributed by atoms with Gasteiger partial charge in [0.2, 0.25) is 5.65 Å². The Balaban J connectivity index is 1.73. The van der Waals surface area contributed by atoms with E-state index in [9.17, 15) is 10.1 Å². The average molecular weight is 319 g/mol. The zero-order valence-electron chi connectivity index (χ0n) is 13.3. The highest BCUT2D eigenvalue weighted by Gasteiger charge is 2.28. The molecule has 3 heterocycles.